The summed E-state index contributed by atoms with van der Waals surface area (Å²) >= 11 is 0. The van der Waals surface area contributed by atoms with Crippen LogP contribution in [0.1, 0.15) is 34.8 Å². The molecule has 2 N–H and O–H groups in total. The van der Waals surface area contributed by atoms with Crippen LogP contribution in [0.4, 0.5) is 5.69 Å². The predicted molar refractivity (Wildman–Crippen MR) is 92.7 cm³/mol. The van der Waals surface area contributed by atoms with E-state index in [0.29, 0.717) is 17.2 Å². The molecule has 0 saturated heterocycles. The maximum absolute atomic E-state index is 12.6. The van der Waals surface area contributed by atoms with E-state index in [4.69, 9.17) is 5.11 Å². The van der Waals surface area contributed by atoms with Gasteiger partial charge in [-0.1, -0.05) is 0 Å². The highest BCUT2D eigenvalue weighted by atomic mass is 16.4. The lowest BCUT2D eigenvalue weighted by atomic mass is 10.1. The average Bonchev–Trinajstić information content (AvgIpc) is 3.22. The SMILES string of the molecule is Cn1ncc(C(=O)Nc2ccc3c(ccn3CC(=O)O)c2)c1C1CC1. The Kier molecular flexibility index (Phi) is 3.56. The van der Waals surface area contributed by atoms with Gasteiger partial charge in [-0.05, 0) is 37.1 Å². The minimum atomic E-state index is -0.890. The number of carbonyl (C=O) groups is 2. The molecule has 2 heterocycles. The minimum Gasteiger partial charge on any atom is -0.480 e. The van der Waals surface area contributed by atoms with E-state index in [2.05, 4.69) is 10.4 Å². The second-order valence-corrected chi connectivity index (χ2v) is 6.41. The standard InChI is InChI=1S/C18H18N4O3/c1-21-17(11-2-3-11)14(9-19-21)18(25)20-13-4-5-15-12(8-13)6-7-22(15)10-16(23)24/h4-9,11H,2-3,10H2,1H3,(H,20,25)(H,23,24). The highest BCUT2D eigenvalue weighted by Crippen LogP contribution is 2.41. The fourth-order valence-electron chi connectivity index (χ4n) is 3.22. The van der Waals surface area contributed by atoms with Crippen LogP contribution >= 0.6 is 0 Å². The summed E-state index contributed by atoms with van der Waals surface area (Å²) in [6, 6.07) is 7.29. The van der Waals surface area contributed by atoms with E-state index in [0.717, 1.165) is 29.4 Å². The van der Waals surface area contributed by atoms with E-state index in [-0.39, 0.29) is 12.5 Å². The third-order valence-electron chi connectivity index (χ3n) is 4.53. The molecule has 128 valence electrons. The smallest absolute Gasteiger partial charge is 0.323 e. The molecule has 25 heavy (non-hydrogen) atoms. The van der Waals surface area contributed by atoms with Gasteiger partial charge in [0.1, 0.15) is 6.54 Å². The van der Waals surface area contributed by atoms with Crippen molar-refractivity contribution < 1.29 is 14.7 Å². The van der Waals surface area contributed by atoms with Crippen LogP contribution in [0.25, 0.3) is 10.9 Å². The van der Waals surface area contributed by atoms with Crippen molar-refractivity contribution in [2.75, 3.05) is 5.32 Å². The van der Waals surface area contributed by atoms with Crippen molar-refractivity contribution in [3.8, 4) is 0 Å². The fourth-order valence-corrected chi connectivity index (χ4v) is 3.22. The molecule has 3 aromatic rings. The predicted octanol–water partition coefficient (Wildman–Crippen LogP) is 2.59. The highest BCUT2D eigenvalue weighted by Gasteiger charge is 2.31. The van der Waals surface area contributed by atoms with Crippen molar-refractivity contribution in [1.82, 2.24) is 14.3 Å². The number of aryl methyl sites for hydroxylation is 1. The van der Waals surface area contributed by atoms with Gasteiger partial charge in [-0.25, -0.2) is 0 Å². The molecule has 2 aromatic heterocycles. The van der Waals surface area contributed by atoms with E-state index in [1.54, 1.807) is 27.7 Å². The molecule has 0 spiro atoms. The van der Waals surface area contributed by atoms with Gasteiger partial charge in [-0.15, -0.1) is 0 Å². The number of amides is 1. The molecule has 1 saturated carbocycles. The number of rotatable bonds is 5. The molecule has 1 aliphatic carbocycles. The topological polar surface area (TPSA) is 89.2 Å². The first-order chi connectivity index (χ1) is 12.0. The van der Waals surface area contributed by atoms with Crippen molar-refractivity contribution in [2.45, 2.75) is 25.3 Å². The van der Waals surface area contributed by atoms with Gasteiger partial charge in [0.2, 0.25) is 0 Å². The number of carboxylic acids is 1. The molecule has 4 rings (SSSR count). The number of fused-ring (bicyclic) bond motifs is 1. The summed E-state index contributed by atoms with van der Waals surface area (Å²) in [6.45, 7) is -0.0877. The molecular formula is C18H18N4O3. The van der Waals surface area contributed by atoms with Gasteiger partial charge >= 0.3 is 5.97 Å². The Labute approximate surface area is 143 Å². The molecule has 0 atom stereocenters. The third kappa shape index (κ3) is 2.88. The normalized spacial score (nSPS) is 14.0. The first-order valence-electron chi connectivity index (χ1n) is 8.17. The number of carbonyl (C=O) groups excluding carboxylic acids is 1. The second-order valence-electron chi connectivity index (χ2n) is 6.41. The van der Waals surface area contributed by atoms with Crippen LogP contribution in [-0.2, 0) is 18.4 Å². The number of hydrogen-bond acceptors (Lipinski definition) is 3. The molecule has 7 nitrogen and oxygen atoms in total. The summed E-state index contributed by atoms with van der Waals surface area (Å²) in [7, 11) is 1.86. The molecule has 1 fully saturated rings. The number of aromatic nitrogens is 3. The van der Waals surface area contributed by atoms with Crippen LogP contribution in [-0.4, -0.2) is 31.3 Å². The molecule has 7 heteroatoms. The van der Waals surface area contributed by atoms with Crippen molar-refractivity contribution in [2.24, 2.45) is 7.05 Å². The number of nitrogens with one attached hydrogen (secondary N) is 1. The largest absolute Gasteiger partial charge is 0.480 e. The quantitative estimate of drug-likeness (QED) is 0.748. The Morgan fingerprint density at radius 3 is 2.84 bits per heavy atom. The lowest BCUT2D eigenvalue weighted by Crippen LogP contribution is -2.14. The van der Waals surface area contributed by atoms with E-state index in [1.807, 2.05) is 25.2 Å². The van der Waals surface area contributed by atoms with Crippen molar-refractivity contribution in [3.63, 3.8) is 0 Å². The first kappa shape index (κ1) is 15.4. The summed E-state index contributed by atoms with van der Waals surface area (Å²) in [4.78, 5) is 23.5. The molecular weight excluding hydrogens is 320 g/mol. The van der Waals surface area contributed by atoms with Gasteiger partial charge in [0, 0.05) is 35.8 Å². The van der Waals surface area contributed by atoms with Gasteiger partial charge < -0.3 is 15.0 Å². The number of hydrogen-bond donors (Lipinski definition) is 2. The lowest BCUT2D eigenvalue weighted by molar-refractivity contribution is -0.137. The van der Waals surface area contributed by atoms with Crippen LogP contribution < -0.4 is 5.32 Å². The first-order valence-corrected chi connectivity index (χ1v) is 8.17. The zero-order valence-corrected chi connectivity index (χ0v) is 13.8. The number of nitrogens with zero attached hydrogens (tertiary/aromatic N) is 3. The summed E-state index contributed by atoms with van der Waals surface area (Å²) in [5.74, 6) is -0.626. The third-order valence-corrected chi connectivity index (χ3v) is 4.53. The molecule has 1 amide bonds. The van der Waals surface area contributed by atoms with Crippen molar-refractivity contribution in [3.05, 3.63) is 47.9 Å². The monoisotopic (exact) mass is 338 g/mol. The van der Waals surface area contributed by atoms with E-state index in [9.17, 15) is 9.59 Å². The molecule has 0 bridgehead atoms. The van der Waals surface area contributed by atoms with Gasteiger partial charge in [0.05, 0.1) is 17.5 Å². The maximum Gasteiger partial charge on any atom is 0.323 e. The zero-order chi connectivity index (χ0) is 17.6. The summed E-state index contributed by atoms with van der Waals surface area (Å²) < 4.78 is 3.44. The van der Waals surface area contributed by atoms with Crippen LogP contribution in [0.2, 0.25) is 0 Å². The van der Waals surface area contributed by atoms with Crippen LogP contribution in [0.3, 0.4) is 0 Å². The van der Waals surface area contributed by atoms with Crippen LogP contribution in [0.15, 0.2) is 36.7 Å². The Balaban J connectivity index is 1.58. The number of anilines is 1. The second kappa shape index (κ2) is 5.77. The van der Waals surface area contributed by atoms with Gasteiger partial charge in [0.25, 0.3) is 5.91 Å². The number of carboxylic acid groups (broad SMARTS) is 1. The number of aliphatic carboxylic acids is 1. The van der Waals surface area contributed by atoms with Gasteiger partial charge in [-0.2, -0.15) is 5.10 Å². The maximum atomic E-state index is 12.6. The highest BCUT2D eigenvalue weighted by molar-refractivity contribution is 6.06. The summed E-state index contributed by atoms with van der Waals surface area (Å²) in [5, 5.41) is 17.0. The minimum absolute atomic E-state index is 0.0877. The molecule has 1 aromatic carbocycles. The van der Waals surface area contributed by atoms with Crippen molar-refractivity contribution in [1.29, 1.82) is 0 Å². The number of benzene rings is 1. The Hall–Kier alpha value is -3.09. The fraction of sp³-hybridized carbons (Fsp3) is 0.278. The van der Waals surface area contributed by atoms with Crippen molar-refractivity contribution >= 4 is 28.5 Å². The van der Waals surface area contributed by atoms with E-state index >= 15 is 0 Å². The van der Waals surface area contributed by atoms with Gasteiger partial charge in [-0.3, -0.25) is 14.3 Å². The molecule has 0 radical (unpaired) electrons. The van der Waals surface area contributed by atoms with Crippen LogP contribution in [0.5, 0.6) is 0 Å². The average molecular weight is 338 g/mol. The Morgan fingerprint density at radius 1 is 1.32 bits per heavy atom. The molecule has 1 aliphatic rings. The Bertz CT molecular complexity index is 982. The van der Waals surface area contributed by atoms with Gasteiger partial charge in [0.15, 0.2) is 0 Å². The molecule has 0 aliphatic heterocycles. The molecule has 0 unspecified atom stereocenters. The lowest BCUT2D eigenvalue weighted by Gasteiger charge is -2.08. The summed E-state index contributed by atoms with van der Waals surface area (Å²) in [5.41, 5.74) is 3.11. The van der Waals surface area contributed by atoms with Crippen LogP contribution in [0, 0.1) is 0 Å². The summed E-state index contributed by atoms with van der Waals surface area (Å²) in [6.07, 6.45) is 5.55. The van der Waals surface area contributed by atoms with E-state index in [1.165, 1.54) is 0 Å². The Morgan fingerprint density at radius 2 is 2.12 bits per heavy atom. The van der Waals surface area contributed by atoms with E-state index < -0.39 is 5.97 Å². The zero-order valence-electron chi connectivity index (χ0n) is 13.8.